The second kappa shape index (κ2) is 7.34. The highest BCUT2D eigenvalue weighted by Crippen LogP contribution is 2.36. The average Bonchev–Trinajstić information content (AvgIpc) is 3.28. The molecule has 1 amide bonds. The van der Waals surface area contributed by atoms with Gasteiger partial charge in [0.25, 0.3) is 5.91 Å². The predicted octanol–water partition coefficient (Wildman–Crippen LogP) is 4.57. The van der Waals surface area contributed by atoms with E-state index in [0.29, 0.717) is 23.1 Å². The van der Waals surface area contributed by atoms with Gasteiger partial charge in [0, 0.05) is 23.8 Å². The summed E-state index contributed by atoms with van der Waals surface area (Å²) in [5.41, 5.74) is 4.52. The van der Waals surface area contributed by atoms with Gasteiger partial charge in [0.05, 0.1) is 11.8 Å². The number of carbonyl (C=O) groups is 1. The summed E-state index contributed by atoms with van der Waals surface area (Å²) in [7, 11) is -3.32. The summed E-state index contributed by atoms with van der Waals surface area (Å²) in [6, 6.07) is 13.5. The SMILES string of the molecule is Cc1ccc(C2CCCN2C(=O)c2oc3ccccc3c2CS(C)(=O)=O)cc1C. The maximum absolute atomic E-state index is 13.5. The minimum absolute atomic E-state index is 0.0268. The van der Waals surface area contributed by atoms with Crippen LogP contribution in [0.2, 0.25) is 0 Å². The van der Waals surface area contributed by atoms with Crippen molar-refractivity contribution in [2.75, 3.05) is 12.8 Å². The fraction of sp³-hybridized carbons (Fsp3) is 0.348. The van der Waals surface area contributed by atoms with Gasteiger partial charge in [0.15, 0.2) is 15.6 Å². The van der Waals surface area contributed by atoms with Crippen molar-refractivity contribution in [1.29, 1.82) is 0 Å². The Morgan fingerprint density at radius 3 is 2.62 bits per heavy atom. The lowest BCUT2D eigenvalue weighted by Gasteiger charge is -2.25. The van der Waals surface area contributed by atoms with Crippen molar-refractivity contribution >= 4 is 26.7 Å². The summed E-state index contributed by atoms with van der Waals surface area (Å²) in [4.78, 5) is 15.3. The number of hydrogen-bond acceptors (Lipinski definition) is 4. The first kappa shape index (κ1) is 19.7. The maximum Gasteiger partial charge on any atom is 0.290 e. The van der Waals surface area contributed by atoms with Crippen LogP contribution in [-0.4, -0.2) is 32.0 Å². The molecule has 6 heteroatoms. The molecule has 152 valence electrons. The van der Waals surface area contributed by atoms with Gasteiger partial charge < -0.3 is 9.32 Å². The number of hydrogen-bond donors (Lipinski definition) is 0. The topological polar surface area (TPSA) is 67.6 Å². The first-order valence-corrected chi connectivity index (χ1v) is 11.9. The molecule has 0 spiro atoms. The third-order valence-corrected chi connectivity index (χ3v) is 6.54. The molecule has 0 bridgehead atoms. The lowest BCUT2D eigenvalue weighted by molar-refractivity contribution is 0.0704. The molecule has 1 fully saturated rings. The molecule has 0 aliphatic carbocycles. The Balaban J connectivity index is 1.76. The second-order valence-corrected chi connectivity index (χ2v) is 10.1. The van der Waals surface area contributed by atoms with Gasteiger partial charge in [-0.1, -0.05) is 36.4 Å². The van der Waals surface area contributed by atoms with E-state index in [1.54, 1.807) is 12.1 Å². The van der Waals surface area contributed by atoms with Crippen LogP contribution in [0, 0.1) is 13.8 Å². The van der Waals surface area contributed by atoms with Crippen LogP contribution in [0.15, 0.2) is 46.9 Å². The molecule has 3 aromatic rings. The molecule has 1 atom stereocenters. The summed E-state index contributed by atoms with van der Waals surface area (Å²) in [5, 5.41) is 0.684. The van der Waals surface area contributed by atoms with Crippen LogP contribution < -0.4 is 0 Å². The van der Waals surface area contributed by atoms with E-state index in [-0.39, 0.29) is 23.5 Å². The summed E-state index contributed by atoms with van der Waals surface area (Å²) in [6.45, 7) is 4.78. The molecule has 2 aromatic carbocycles. The third-order valence-electron chi connectivity index (χ3n) is 5.73. The monoisotopic (exact) mass is 411 g/mol. The molecule has 1 aliphatic heterocycles. The summed E-state index contributed by atoms with van der Waals surface area (Å²) >= 11 is 0. The fourth-order valence-electron chi connectivity index (χ4n) is 4.14. The first-order chi connectivity index (χ1) is 13.7. The van der Waals surface area contributed by atoms with Crippen molar-refractivity contribution in [3.8, 4) is 0 Å². The fourth-order valence-corrected chi connectivity index (χ4v) is 4.95. The minimum Gasteiger partial charge on any atom is -0.451 e. The van der Waals surface area contributed by atoms with Crippen molar-refractivity contribution in [1.82, 2.24) is 4.90 Å². The predicted molar refractivity (Wildman–Crippen MR) is 114 cm³/mol. The summed E-state index contributed by atoms with van der Waals surface area (Å²) < 4.78 is 29.9. The van der Waals surface area contributed by atoms with E-state index < -0.39 is 9.84 Å². The highest BCUT2D eigenvalue weighted by molar-refractivity contribution is 7.89. The number of rotatable bonds is 4. The molecular weight excluding hydrogens is 386 g/mol. The molecule has 0 N–H and O–H groups in total. The van der Waals surface area contributed by atoms with E-state index >= 15 is 0 Å². The molecular formula is C23H25NO4S. The number of aryl methyl sites for hydroxylation is 2. The van der Waals surface area contributed by atoms with Crippen molar-refractivity contribution in [2.24, 2.45) is 0 Å². The van der Waals surface area contributed by atoms with Crippen LogP contribution >= 0.6 is 0 Å². The molecule has 29 heavy (non-hydrogen) atoms. The molecule has 0 radical (unpaired) electrons. The maximum atomic E-state index is 13.5. The molecule has 2 heterocycles. The Morgan fingerprint density at radius 1 is 1.14 bits per heavy atom. The number of para-hydroxylation sites is 1. The molecule has 1 aromatic heterocycles. The van der Waals surface area contributed by atoms with Crippen LogP contribution in [0.25, 0.3) is 11.0 Å². The third kappa shape index (κ3) is 3.81. The lowest BCUT2D eigenvalue weighted by atomic mass is 9.99. The smallest absolute Gasteiger partial charge is 0.290 e. The number of fused-ring (bicyclic) bond motifs is 1. The van der Waals surface area contributed by atoms with Crippen LogP contribution in [0.4, 0.5) is 0 Å². The number of carbonyl (C=O) groups excluding carboxylic acids is 1. The van der Waals surface area contributed by atoms with E-state index in [2.05, 4.69) is 32.0 Å². The van der Waals surface area contributed by atoms with Crippen molar-refractivity contribution in [2.45, 2.75) is 38.5 Å². The second-order valence-electron chi connectivity index (χ2n) is 7.98. The van der Waals surface area contributed by atoms with Gasteiger partial charge in [-0.15, -0.1) is 0 Å². The molecule has 1 aliphatic rings. The van der Waals surface area contributed by atoms with Gasteiger partial charge in [-0.3, -0.25) is 4.79 Å². The molecule has 1 saturated heterocycles. The number of amides is 1. The van der Waals surface area contributed by atoms with Crippen LogP contribution in [0.1, 0.15) is 51.7 Å². The Labute approximate surface area is 171 Å². The van der Waals surface area contributed by atoms with E-state index in [4.69, 9.17) is 4.42 Å². The quantitative estimate of drug-likeness (QED) is 0.631. The first-order valence-electron chi connectivity index (χ1n) is 9.81. The normalized spacial score (nSPS) is 17.2. The molecule has 1 unspecified atom stereocenters. The highest BCUT2D eigenvalue weighted by Gasteiger charge is 2.34. The largest absolute Gasteiger partial charge is 0.451 e. The molecule has 0 saturated carbocycles. The van der Waals surface area contributed by atoms with Crippen LogP contribution in [-0.2, 0) is 15.6 Å². The Kier molecular flexibility index (Phi) is 4.99. The summed E-state index contributed by atoms with van der Waals surface area (Å²) in [6.07, 6.45) is 2.97. The zero-order chi connectivity index (χ0) is 20.8. The van der Waals surface area contributed by atoms with Gasteiger partial charge in [0.1, 0.15) is 5.58 Å². The zero-order valence-electron chi connectivity index (χ0n) is 16.9. The van der Waals surface area contributed by atoms with Gasteiger partial charge in [0.2, 0.25) is 0 Å². The lowest BCUT2D eigenvalue weighted by Crippen LogP contribution is -2.31. The van der Waals surface area contributed by atoms with E-state index in [0.717, 1.165) is 18.4 Å². The number of benzene rings is 2. The number of furan rings is 1. The Bertz CT molecular complexity index is 1190. The van der Waals surface area contributed by atoms with E-state index in [1.807, 2.05) is 17.0 Å². The van der Waals surface area contributed by atoms with E-state index in [1.165, 1.54) is 17.4 Å². The van der Waals surface area contributed by atoms with Crippen molar-refractivity contribution < 1.29 is 17.6 Å². The Morgan fingerprint density at radius 2 is 1.90 bits per heavy atom. The number of likely N-dealkylation sites (tertiary alicyclic amines) is 1. The van der Waals surface area contributed by atoms with Gasteiger partial charge in [-0.2, -0.15) is 0 Å². The van der Waals surface area contributed by atoms with Crippen LogP contribution in [0.3, 0.4) is 0 Å². The van der Waals surface area contributed by atoms with E-state index in [9.17, 15) is 13.2 Å². The van der Waals surface area contributed by atoms with Gasteiger partial charge >= 0.3 is 0 Å². The standard InChI is InChI=1S/C23H25NO4S/c1-15-10-11-17(13-16(15)2)20-8-6-12-24(20)23(25)22-19(14-29(3,26)27)18-7-4-5-9-21(18)28-22/h4-5,7,9-11,13,20H,6,8,12,14H2,1-3H3. The van der Waals surface area contributed by atoms with Gasteiger partial charge in [-0.05, 0) is 49.4 Å². The zero-order valence-corrected chi connectivity index (χ0v) is 17.8. The highest BCUT2D eigenvalue weighted by atomic mass is 32.2. The molecule has 4 rings (SSSR count). The average molecular weight is 412 g/mol. The molecule has 5 nitrogen and oxygen atoms in total. The Hall–Kier alpha value is -2.60. The van der Waals surface area contributed by atoms with Gasteiger partial charge in [-0.25, -0.2) is 8.42 Å². The number of sulfone groups is 1. The summed E-state index contributed by atoms with van der Waals surface area (Å²) in [5.74, 6) is -0.305. The van der Waals surface area contributed by atoms with Crippen molar-refractivity contribution in [3.05, 3.63) is 70.5 Å². The number of nitrogens with zero attached hydrogens (tertiary/aromatic N) is 1. The van der Waals surface area contributed by atoms with Crippen molar-refractivity contribution in [3.63, 3.8) is 0 Å². The minimum atomic E-state index is -3.32. The van der Waals surface area contributed by atoms with Crippen LogP contribution in [0.5, 0.6) is 0 Å².